The molecule has 0 amide bonds. The fourth-order valence-electron chi connectivity index (χ4n) is 2.37. The average molecular weight is 373 g/mol. The monoisotopic (exact) mass is 373 g/mol. The quantitative estimate of drug-likeness (QED) is 0.738. The van der Waals surface area contributed by atoms with Gasteiger partial charge in [-0.25, -0.2) is 23.1 Å². The lowest BCUT2D eigenvalue weighted by Gasteiger charge is -2.08. The maximum Gasteiger partial charge on any atom is 0.229 e. The molecule has 136 valence electrons. The van der Waals surface area contributed by atoms with Gasteiger partial charge in [-0.3, -0.25) is 4.72 Å². The van der Waals surface area contributed by atoms with Crippen molar-refractivity contribution in [3.8, 4) is 17.4 Å². The molecule has 3 rings (SSSR count). The second-order valence-electron chi connectivity index (χ2n) is 5.92. The summed E-state index contributed by atoms with van der Waals surface area (Å²) in [7, 11) is -3.31. The maximum absolute atomic E-state index is 11.2. The van der Waals surface area contributed by atoms with Gasteiger partial charge in [0.05, 0.1) is 11.9 Å². The van der Waals surface area contributed by atoms with E-state index in [1.165, 1.54) is 6.33 Å². The molecule has 0 fully saturated rings. The van der Waals surface area contributed by atoms with E-state index in [4.69, 9.17) is 4.74 Å². The van der Waals surface area contributed by atoms with Crippen molar-refractivity contribution in [2.24, 2.45) is 0 Å². The number of aromatic nitrogens is 4. The van der Waals surface area contributed by atoms with E-state index in [-0.39, 0.29) is 0 Å². The largest absolute Gasteiger partial charge is 0.439 e. The first-order valence-corrected chi connectivity index (χ1v) is 9.73. The number of aryl methyl sites for hydroxylation is 1. The Labute approximate surface area is 151 Å². The van der Waals surface area contributed by atoms with Crippen molar-refractivity contribution in [2.45, 2.75) is 20.8 Å². The third kappa shape index (κ3) is 3.99. The van der Waals surface area contributed by atoms with E-state index in [0.717, 1.165) is 23.2 Å². The predicted octanol–water partition coefficient (Wildman–Crippen LogP) is 2.75. The lowest BCUT2D eigenvalue weighted by atomic mass is 10.2. The summed E-state index contributed by atoms with van der Waals surface area (Å²) >= 11 is 0. The molecule has 0 aliphatic carbocycles. The molecule has 1 N–H and O–H groups in total. The van der Waals surface area contributed by atoms with Gasteiger partial charge >= 0.3 is 0 Å². The fourth-order valence-corrected chi connectivity index (χ4v) is 2.94. The second-order valence-corrected chi connectivity index (χ2v) is 7.67. The van der Waals surface area contributed by atoms with Crippen molar-refractivity contribution in [1.29, 1.82) is 0 Å². The number of anilines is 1. The van der Waals surface area contributed by atoms with Crippen LogP contribution in [0, 0.1) is 20.8 Å². The third-order valence-electron chi connectivity index (χ3n) is 3.88. The number of sulfonamides is 1. The Morgan fingerprint density at radius 2 is 1.77 bits per heavy atom. The van der Waals surface area contributed by atoms with Crippen LogP contribution in [0.2, 0.25) is 0 Å². The average Bonchev–Trinajstić information content (AvgIpc) is 2.83. The van der Waals surface area contributed by atoms with Crippen LogP contribution in [0.5, 0.6) is 11.6 Å². The van der Waals surface area contributed by atoms with Crippen LogP contribution in [0.4, 0.5) is 5.69 Å². The Morgan fingerprint density at radius 1 is 1.08 bits per heavy atom. The summed E-state index contributed by atoms with van der Waals surface area (Å²) in [5.41, 5.74) is 3.52. The van der Waals surface area contributed by atoms with Crippen LogP contribution in [0.25, 0.3) is 5.82 Å². The van der Waals surface area contributed by atoms with Gasteiger partial charge in [0.1, 0.15) is 12.1 Å². The van der Waals surface area contributed by atoms with Gasteiger partial charge in [0, 0.05) is 17.4 Å². The van der Waals surface area contributed by atoms with Crippen molar-refractivity contribution in [3.63, 3.8) is 0 Å². The minimum absolute atomic E-state index is 0.365. The number of ether oxygens (including phenoxy) is 1. The molecule has 2 aromatic heterocycles. The zero-order valence-corrected chi connectivity index (χ0v) is 15.7. The van der Waals surface area contributed by atoms with E-state index < -0.39 is 10.0 Å². The topological polar surface area (TPSA) is 99.0 Å². The van der Waals surface area contributed by atoms with Gasteiger partial charge in [0.15, 0.2) is 5.82 Å². The summed E-state index contributed by atoms with van der Waals surface area (Å²) in [4.78, 5) is 8.37. The molecular formula is C17H19N5O3S. The molecule has 0 spiro atoms. The summed E-state index contributed by atoms with van der Waals surface area (Å²) in [6, 6.07) is 8.23. The van der Waals surface area contributed by atoms with Gasteiger partial charge in [-0.2, -0.15) is 5.10 Å². The minimum atomic E-state index is -3.31. The zero-order chi connectivity index (χ0) is 18.9. The molecule has 3 aromatic rings. The van der Waals surface area contributed by atoms with Gasteiger partial charge in [-0.1, -0.05) is 0 Å². The Hall–Kier alpha value is -2.94. The highest BCUT2D eigenvalue weighted by molar-refractivity contribution is 7.92. The van der Waals surface area contributed by atoms with E-state index >= 15 is 0 Å². The summed E-state index contributed by atoms with van der Waals surface area (Å²) < 4.78 is 32.3. The van der Waals surface area contributed by atoms with Crippen LogP contribution in [-0.4, -0.2) is 34.4 Å². The Kier molecular flexibility index (Phi) is 4.64. The molecular weight excluding hydrogens is 354 g/mol. The van der Waals surface area contributed by atoms with E-state index in [1.54, 1.807) is 35.0 Å². The smallest absolute Gasteiger partial charge is 0.229 e. The molecule has 2 heterocycles. The number of hydrogen-bond acceptors (Lipinski definition) is 6. The van der Waals surface area contributed by atoms with Crippen LogP contribution >= 0.6 is 0 Å². The van der Waals surface area contributed by atoms with Crippen molar-refractivity contribution < 1.29 is 13.2 Å². The molecule has 8 nitrogen and oxygen atoms in total. The van der Waals surface area contributed by atoms with Crippen LogP contribution in [-0.2, 0) is 10.0 Å². The van der Waals surface area contributed by atoms with Crippen molar-refractivity contribution in [2.75, 3.05) is 11.0 Å². The molecule has 0 atom stereocenters. The molecule has 0 bridgehead atoms. The lowest BCUT2D eigenvalue weighted by Crippen LogP contribution is -2.09. The molecule has 1 aromatic carbocycles. The van der Waals surface area contributed by atoms with Crippen LogP contribution in [0.3, 0.4) is 0 Å². The van der Waals surface area contributed by atoms with E-state index in [9.17, 15) is 8.42 Å². The second kappa shape index (κ2) is 6.75. The van der Waals surface area contributed by atoms with Crippen molar-refractivity contribution in [3.05, 3.63) is 53.6 Å². The normalized spacial score (nSPS) is 11.4. The minimum Gasteiger partial charge on any atom is -0.439 e. The highest BCUT2D eigenvalue weighted by atomic mass is 32.2. The molecule has 0 aliphatic rings. The van der Waals surface area contributed by atoms with Crippen molar-refractivity contribution in [1.82, 2.24) is 19.7 Å². The van der Waals surface area contributed by atoms with E-state index in [0.29, 0.717) is 23.1 Å². The first kappa shape index (κ1) is 17.9. The Morgan fingerprint density at radius 3 is 2.35 bits per heavy atom. The predicted molar refractivity (Wildman–Crippen MR) is 98.3 cm³/mol. The molecule has 0 saturated carbocycles. The van der Waals surface area contributed by atoms with Crippen LogP contribution in [0.15, 0.2) is 36.7 Å². The zero-order valence-electron chi connectivity index (χ0n) is 14.9. The Bertz CT molecular complexity index is 1040. The maximum atomic E-state index is 11.2. The SMILES string of the molecule is Cc1nn(-c2cc(Oc3ccc(NS(C)(=O)=O)cc3)ncn2)c(C)c1C. The van der Waals surface area contributed by atoms with Crippen molar-refractivity contribution >= 4 is 15.7 Å². The van der Waals surface area contributed by atoms with Gasteiger partial charge in [0.25, 0.3) is 0 Å². The molecule has 0 aliphatic heterocycles. The van der Waals surface area contributed by atoms with E-state index in [1.807, 2.05) is 20.8 Å². The van der Waals surface area contributed by atoms with Gasteiger partial charge in [0.2, 0.25) is 15.9 Å². The molecule has 0 unspecified atom stereocenters. The first-order valence-electron chi connectivity index (χ1n) is 7.84. The van der Waals surface area contributed by atoms with Crippen LogP contribution in [0.1, 0.15) is 17.0 Å². The number of benzene rings is 1. The molecule has 0 radical (unpaired) electrons. The summed E-state index contributed by atoms with van der Waals surface area (Å²) in [5, 5.41) is 4.48. The van der Waals surface area contributed by atoms with Gasteiger partial charge in [-0.15, -0.1) is 0 Å². The standard InChI is InChI=1S/C17H19N5O3S/c1-11-12(2)20-22(13(11)3)16-9-17(19-10-18-16)25-15-7-5-14(6-8-15)21-26(4,23)24/h5-10,21H,1-4H3. The fraction of sp³-hybridized carbons (Fsp3) is 0.235. The molecule has 0 saturated heterocycles. The van der Waals surface area contributed by atoms with Gasteiger partial charge in [-0.05, 0) is 50.6 Å². The molecule has 26 heavy (non-hydrogen) atoms. The third-order valence-corrected chi connectivity index (χ3v) is 4.48. The number of nitrogens with zero attached hydrogens (tertiary/aromatic N) is 4. The summed E-state index contributed by atoms with van der Waals surface area (Å²) in [6.07, 6.45) is 2.51. The highest BCUT2D eigenvalue weighted by Gasteiger charge is 2.11. The first-order chi connectivity index (χ1) is 12.2. The lowest BCUT2D eigenvalue weighted by molar-refractivity contribution is 0.460. The van der Waals surface area contributed by atoms with Crippen LogP contribution < -0.4 is 9.46 Å². The summed E-state index contributed by atoms with van der Waals surface area (Å²) in [6.45, 7) is 5.94. The summed E-state index contributed by atoms with van der Waals surface area (Å²) in [5.74, 6) is 1.50. The number of nitrogens with one attached hydrogen (secondary N) is 1. The number of rotatable bonds is 5. The molecule has 9 heteroatoms. The Balaban J connectivity index is 1.82. The highest BCUT2D eigenvalue weighted by Crippen LogP contribution is 2.23. The number of hydrogen-bond donors (Lipinski definition) is 1. The van der Waals surface area contributed by atoms with E-state index in [2.05, 4.69) is 19.8 Å². The van der Waals surface area contributed by atoms with Gasteiger partial charge < -0.3 is 4.74 Å².